The highest BCUT2D eigenvalue weighted by Crippen LogP contribution is 2.34. The number of carbonyl (C=O) groups excluding carboxylic acids is 1. The Kier molecular flexibility index (Phi) is 3.26. The molecule has 3 heteroatoms. The zero-order valence-corrected chi connectivity index (χ0v) is 11.2. The number of aryl methyl sites for hydroxylation is 1. The van der Waals surface area contributed by atoms with Gasteiger partial charge < -0.3 is 4.74 Å². The quantitative estimate of drug-likeness (QED) is 0.830. The molecule has 0 spiro atoms. The number of ether oxygens (including phenoxy) is 1. The molecule has 2 aromatic rings. The van der Waals surface area contributed by atoms with Gasteiger partial charge in [0, 0.05) is 11.5 Å². The Bertz CT molecular complexity index is 647. The predicted molar refractivity (Wildman–Crippen MR) is 74.8 cm³/mol. The predicted octanol–water partition coefficient (Wildman–Crippen LogP) is 3.75. The average molecular weight is 270 g/mol. The summed E-state index contributed by atoms with van der Waals surface area (Å²) in [6.45, 7) is 0. The Balaban J connectivity index is 1.94. The van der Waals surface area contributed by atoms with Crippen LogP contribution in [0.4, 0.5) is 4.39 Å². The summed E-state index contributed by atoms with van der Waals surface area (Å²) in [5, 5.41) is 0. The van der Waals surface area contributed by atoms with Crippen LogP contribution in [0, 0.1) is 5.82 Å². The monoisotopic (exact) mass is 270 g/mol. The third-order valence-electron chi connectivity index (χ3n) is 3.87. The smallest absolute Gasteiger partial charge is 0.170 e. The van der Waals surface area contributed by atoms with Crippen molar-refractivity contribution in [3.05, 3.63) is 65.0 Å². The fourth-order valence-corrected chi connectivity index (χ4v) is 2.78. The molecule has 0 N–H and O–H groups in total. The SMILES string of the molecule is COc1ccc2c(c1)CCC(c1ccc(F)cc1)C2=O. The molecule has 1 atom stereocenters. The number of benzene rings is 2. The van der Waals surface area contributed by atoms with Gasteiger partial charge in [-0.2, -0.15) is 0 Å². The van der Waals surface area contributed by atoms with Crippen molar-refractivity contribution in [2.24, 2.45) is 0 Å². The second-order valence-corrected chi connectivity index (χ2v) is 5.03. The summed E-state index contributed by atoms with van der Waals surface area (Å²) in [4.78, 5) is 12.6. The normalized spacial score (nSPS) is 17.7. The molecule has 0 bridgehead atoms. The molecule has 2 aromatic carbocycles. The molecule has 2 nitrogen and oxygen atoms in total. The zero-order chi connectivity index (χ0) is 14.1. The Morgan fingerprint density at radius 3 is 2.60 bits per heavy atom. The number of halogens is 1. The Morgan fingerprint density at radius 2 is 1.90 bits per heavy atom. The number of Topliss-reactive ketones (excluding diaryl/α,β-unsaturated/α-hetero) is 1. The summed E-state index contributed by atoms with van der Waals surface area (Å²) < 4.78 is 18.2. The third kappa shape index (κ3) is 2.20. The van der Waals surface area contributed by atoms with Crippen LogP contribution in [0.1, 0.15) is 33.8 Å². The summed E-state index contributed by atoms with van der Waals surface area (Å²) in [6.07, 6.45) is 1.59. The molecule has 0 radical (unpaired) electrons. The van der Waals surface area contributed by atoms with E-state index in [1.165, 1.54) is 12.1 Å². The lowest BCUT2D eigenvalue weighted by Crippen LogP contribution is -2.21. The van der Waals surface area contributed by atoms with Crippen LogP contribution in [0.15, 0.2) is 42.5 Å². The first-order valence-corrected chi connectivity index (χ1v) is 6.65. The van der Waals surface area contributed by atoms with Crippen LogP contribution in [0.2, 0.25) is 0 Å². The number of hydrogen-bond acceptors (Lipinski definition) is 2. The second kappa shape index (κ2) is 5.08. The molecule has 0 aliphatic heterocycles. The summed E-state index contributed by atoms with van der Waals surface area (Å²) in [7, 11) is 1.62. The van der Waals surface area contributed by atoms with E-state index >= 15 is 0 Å². The largest absolute Gasteiger partial charge is 0.497 e. The lowest BCUT2D eigenvalue weighted by atomic mass is 9.79. The van der Waals surface area contributed by atoms with E-state index in [1.54, 1.807) is 19.2 Å². The zero-order valence-electron chi connectivity index (χ0n) is 11.2. The molecule has 0 aromatic heterocycles. The summed E-state index contributed by atoms with van der Waals surface area (Å²) in [6, 6.07) is 11.8. The topological polar surface area (TPSA) is 26.3 Å². The number of fused-ring (bicyclic) bond motifs is 1. The second-order valence-electron chi connectivity index (χ2n) is 5.03. The average Bonchev–Trinajstić information content (AvgIpc) is 2.48. The van der Waals surface area contributed by atoms with Crippen LogP contribution >= 0.6 is 0 Å². The summed E-state index contributed by atoms with van der Waals surface area (Å²) in [5.74, 6) is 0.441. The number of rotatable bonds is 2. The van der Waals surface area contributed by atoms with Gasteiger partial charge in [0.05, 0.1) is 7.11 Å². The molecule has 0 heterocycles. The Labute approximate surface area is 117 Å². The van der Waals surface area contributed by atoms with E-state index in [2.05, 4.69) is 0 Å². The van der Waals surface area contributed by atoms with Crippen molar-refractivity contribution in [1.29, 1.82) is 0 Å². The Hall–Kier alpha value is -2.16. The van der Waals surface area contributed by atoms with E-state index in [1.807, 2.05) is 18.2 Å². The van der Waals surface area contributed by atoms with Gasteiger partial charge in [0.25, 0.3) is 0 Å². The van der Waals surface area contributed by atoms with Crippen molar-refractivity contribution >= 4 is 5.78 Å². The van der Waals surface area contributed by atoms with Gasteiger partial charge in [-0.25, -0.2) is 4.39 Å². The molecule has 1 aliphatic carbocycles. The first-order valence-electron chi connectivity index (χ1n) is 6.65. The summed E-state index contributed by atoms with van der Waals surface area (Å²) in [5.41, 5.74) is 2.68. The highest BCUT2D eigenvalue weighted by molar-refractivity contribution is 6.03. The number of hydrogen-bond donors (Lipinski definition) is 0. The fourth-order valence-electron chi connectivity index (χ4n) is 2.78. The van der Waals surface area contributed by atoms with Crippen molar-refractivity contribution in [3.63, 3.8) is 0 Å². The molecule has 3 rings (SSSR count). The van der Waals surface area contributed by atoms with E-state index in [0.717, 1.165) is 35.3 Å². The molecule has 0 fully saturated rings. The molecule has 0 saturated carbocycles. The van der Waals surface area contributed by atoms with Crippen LogP contribution in [-0.4, -0.2) is 12.9 Å². The van der Waals surface area contributed by atoms with E-state index < -0.39 is 0 Å². The molecule has 20 heavy (non-hydrogen) atoms. The highest BCUT2D eigenvalue weighted by atomic mass is 19.1. The molecular weight excluding hydrogens is 255 g/mol. The standard InChI is InChI=1S/C17H15FO2/c1-20-14-7-9-16-12(10-14)4-8-15(17(16)19)11-2-5-13(18)6-3-11/h2-3,5-7,9-10,15H,4,8H2,1H3. The van der Waals surface area contributed by atoms with Gasteiger partial charge in [0.2, 0.25) is 0 Å². The maximum Gasteiger partial charge on any atom is 0.170 e. The molecule has 0 amide bonds. The van der Waals surface area contributed by atoms with Crippen LogP contribution < -0.4 is 4.74 Å². The molecular formula is C17H15FO2. The van der Waals surface area contributed by atoms with E-state index in [-0.39, 0.29) is 17.5 Å². The number of methoxy groups -OCH3 is 1. The van der Waals surface area contributed by atoms with Crippen LogP contribution in [0.25, 0.3) is 0 Å². The minimum atomic E-state index is -0.276. The minimum absolute atomic E-state index is 0.112. The van der Waals surface area contributed by atoms with Crippen LogP contribution in [0.3, 0.4) is 0 Å². The third-order valence-corrected chi connectivity index (χ3v) is 3.87. The van der Waals surface area contributed by atoms with Gasteiger partial charge in [-0.1, -0.05) is 12.1 Å². The van der Waals surface area contributed by atoms with Gasteiger partial charge in [-0.15, -0.1) is 0 Å². The van der Waals surface area contributed by atoms with Gasteiger partial charge in [-0.3, -0.25) is 4.79 Å². The van der Waals surface area contributed by atoms with Gasteiger partial charge in [0.1, 0.15) is 11.6 Å². The molecule has 0 saturated heterocycles. The Morgan fingerprint density at radius 1 is 1.15 bits per heavy atom. The maximum absolute atomic E-state index is 13.0. The van der Waals surface area contributed by atoms with Crippen molar-refractivity contribution in [3.8, 4) is 5.75 Å². The first kappa shape index (κ1) is 12.9. The van der Waals surface area contributed by atoms with Gasteiger partial charge in [0.15, 0.2) is 5.78 Å². The van der Waals surface area contributed by atoms with Gasteiger partial charge >= 0.3 is 0 Å². The van der Waals surface area contributed by atoms with Crippen molar-refractivity contribution < 1.29 is 13.9 Å². The van der Waals surface area contributed by atoms with E-state index in [9.17, 15) is 9.18 Å². The highest BCUT2D eigenvalue weighted by Gasteiger charge is 2.28. The van der Waals surface area contributed by atoms with Crippen LogP contribution in [0.5, 0.6) is 5.75 Å². The van der Waals surface area contributed by atoms with Crippen molar-refractivity contribution in [1.82, 2.24) is 0 Å². The van der Waals surface area contributed by atoms with Gasteiger partial charge in [-0.05, 0) is 54.3 Å². The van der Waals surface area contributed by atoms with Crippen LogP contribution in [-0.2, 0) is 6.42 Å². The number of carbonyl (C=O) groups is 1. The summed E-state index contributed by atoms with van der Waals surface area (Å²) >= 11 is 0. The molecule has 102 valence electrons. The molecule has 1 aliphatic rings. The van der Waals surface area contributed by atoms with Crippen molar-refractivity contribution in [2.45, 2.75) is 18.8 Å². The number of ketones is 1. The lowest BCUT2D eigenvalue weighted by Gasteiger charge is -2.24. The lowest BCUT2D eigenvalue weighted by molar-refractivity contribution is 0.0946. The minimum Gasteiger partial charge on any atom is -0.497 e. The first-order chi connectivity index (χ1) is 9.69. The van der Waals surface area contributed by atoms with E-state index in [4.69, 9.17) is 4.74 Å². The van der Waals surface area contributed by atoms with Crippen molar-refractivity contribution in [2.75, 3.05) is 7.11 Å². The fraction of sp³-hybridized carbons (Fsp3) is 0.235. The van der Waals surface area contributed by atoms with E-state index in [0.29, 0.717) is 0 Å². The maximum atomic E-state index is 13.0. The molecule has 1 unspecified atom stereocenters.